The zero-order chi connectivity index (χ0) is 21.1. The number of aliphatic hydroxyl groups is 1. The van der Waals surface area contributed by atoms with Crippen LogP contribution in [-0.2, 0) is 16.5 Å². The van der Waals surface area contributed by atoms with Crippen molar-refractivity contribution in [1.29, 1.82) is 0 Å². The van der Waals surface area contributed by atoms with Crippen molar-refractivity contribution in [2.75, 3.05) is 13.2 Å². The maximum atomic E-state index is 12.8. The van der Waals surface area contributed by atoms with E-state index in [1.165, 1.54) is 17.0 Å². The van der Waals surface area contributed by atoms with Crippen LogP contribution >= 0.6 is 0 Å². The van der Waals surface area contributed by atoms with E-state index in [1.807, 2.05) is 30.3 Å². The summed E-state index contributed by atoms with van der Waals surface area (Å²) in [5, 5.41) is 9.26. The molecule has 3 rings (SSSR count). The topological polar surface area (TPSA) is 49.8 Å². The number of alkyl halides is 3. The molecule has 7 heteroatoms. The predicted octanol–water partition coefficient (Wildman–Crippen LogP) is 5.28. The summed E-state index contributed by atoms with van der Waals surface area (Å²) < 4.78 is 44.2. The fourth-order valence-electron chi connectivity index (χ4n) is 3.78. The van der Waals surface area contributed by atoms with Crippen LogP contribution in [0.15, 0.2) is 54.6 Å². The molecular formula is C22H24F3NO3. The number of halogens is 3. The van der Waals surface area contributed by atoms with Gasteiger partial charge in [-0.1, -0.05) is 42.5 Å². The summed E-state index contributed by atoms with van der Waals surface area (Å²) in [6.45, 7) is 2.17. The van der Waals surface area contributed by atoms with Crippen LogP contribution in [0.5, 0.6) is 0 Å². The lowest BCUT2D eigenvalue weighted by Crippen LogP contribution is -2.48. The van der Waals surface area contributed by atoms with Gasteiger partial charge in [-0.15, -0.1) is 0 Å². The SMILES string of the molecule is C[C@@H](c1ccc(C(F)(F)F)cc1)N1CC[C@](CCCO)(c2ccccc2)OC1=O. The number of benzene rings is 2. The Morgan fingerprint density at radius 2 is 1.79 bits per heavy atom. The van der Waals surface area contributed by atoms with Gasteiger partial charge in [0.05, 0.1) is 11.6 Å². The van der Waals surface area contributed by atoms with E-state index in [0.29, 0.717) is 31.4 Å². The molecule has 0 unspecified atom stereocenters. The van der Waals surface area contributed by atoms with Crippen molar-refractivity contribution in [3.05, 3.63) is 71.3 Å². The highest BCUT2D eigenvalue weighted by Gasteiger charge is 2.43. The Morgan fingerprint density at radius 1 is 1.14 bits per heavy atom. The Labute approximate surface area is 167 Å². The highest BCUT2D eigenvalue weighted by atomic mass is 19.4. The minimum absolute atomic E-state index is 0.00218. The summed E-state index contributed by atoms with van der Waals surface area (Å²) in [5.74, 6) is 0. The molecule has 1 aliphatic rings. The Bertz CT molecular complexity index is 823. The van der Waals surface area contributed by atoms with Crippen LogP contribution in [0.1, 0.15) is 48.9 Å². The van der Waals surface area contributed by atoms with E-state index in [0.717, 1.165) is 17.7 Å². The number of aliphatic hydroxyl groups excluding tert-OH is 1. The van der Waals surface area contributed by atoms with Crippen LogP contribution in [-0.4, -0.2) is 29.3 Å². The van der Waals surface area contributed by atoms with Gasteiger partial charge in [0.15, 0.2) is 0 Å². The molecule has 1 heterocycles. The molecule has 0 saturated carbocycles. The number of cyclic esters (lactones) is 1. The van der Waals surface area contributed by atoms with Crippen molar-refractivity contribution < 1.29 is 27.8 Å². The standard InChI is InChI=1S/C22H24F3NO3/c1-16(17-8-10-19(11-9-17)22(23,24)25)26-14-13-21(12-5-15-27,29-20(26)28)18-6-3-2-4-7-18/h2-4,6-11,16,27H,5,12-15H2,1H3/t16-,21+/m0/s1. The minimum Gasteiger partial charge on any atom is -0.438 e. The number of carbonyl (C=O) groups excluding carboxylic acids is 1. The molecule has 156 valence electrons. The quantitative estimate of drug-likeness (QED) is 0.709. The lowest BCUT2D eigenvalue weighted by molar-refractivity contribution is -0.137. The van der Waals surface area contributed by atoms with Gasteiger partial charge in [0.25, 0.3) is 0 Å². The number of nitrogens with zero attached hydrogens (tertiary/aromatic N) is 1. The lowest BCUT2D eigenvalue weighted by atomic mass is 9.84. The van der Waals surface area contributed by atoms with Crippen molar-refractivity contribution >= 4 is 6.09 Å². The summed E-state index contributed by atoms with van der Waals surface area (Å²) >= 11 is 0. The average Bonchev–Trinajstić information content (AvgIpc) is 2.72. The van der Waals surface area contributed by atoms with E-state index in [-0.39, 0.29) is 6.61 Å². The normalized spacial score (nSPS) is 21.0. The summed E-state index contributed by atoms with van der Waals surface area (Å²) in [6, 6.07) is 13.9. The largest absolute Gasteiger partial charge is 0.438 e. The van der Waals surface area contributed by atoms with Crippen LogP contribution in [0, 0.1) is 0 Å². The Morgan fingerprint density at radius 3 is 2.34 bits per heavy atom. The smallest absolute Gasteiger partial charge is 0.416 e. The van der Waals surface area contributed by atoms with Gasteiger partial charge in [-0.05, 0) is 43.0 Å². The van der Waals surface area contributed by atoms with Gasteiger partial charge in [-0.2, -0.15) is 13.2 Å². The van der Waals surface area contributed by atoms with E-state index in [9.17, 15) is 23.1 Å². The van der Waals surface area contributed by atoms with Crippen LogP contribution in [0.25, 0.3) is 0 Å². The van der Waals surface area contributed by atoms with Crippen LogP contribution < -0.4 is 0 Å². The molecule has 2 aromatic carbocycles. The number of ether oxygens (including phenoxy) is 1. The van der Waals surface area contributed by atoms with Gasteiger partial charge in [-0.3, -0.25) is 0 Å². The molecule has 0 aliphatic carbocycles. The zero-order valence-corrected chi connectivity index (χ0v) is 16.2. The number of amides is 1. The van der Waals surface area contributed by atoms with E-state index in [4.69, 9.17) is 4.74 Å². The summed E-state index contributed by atoms with van der Waals surface area (Å²) in [7, 11) is 0. The maximum absolute atomic E-state index is 12.8. The second-order valence-corrected chi connectivity index (χ2v) is 7.29. The first-order chi connectivity index (χ1) is 13.8. The molecule has 4 nitrogen and oxygen atoms in total. The fourth-order valence-corrected chi connectivity index (χ4v) is 3.78. The lowest BCUT2D eigenvalue weighted by Gasteiger charge is -2.43. The van der Waals surface area contributed by atoms with Crippen LogP contribution in [0.3, 0.4) is 0 Å². The van der Waals surface area contributed by atoms with E-state index >= 15 is 0 Å². The van der Waals surface area contributed by atoms with Crippen LogP contribution in [0.2, 0.25) is 0 Å². The molecule has 0 spiro atoms. The average molecular weight is 407 g/mol. The van der Waals surface area contributed by atoms with Crippen molar-refractivity contribution in [1.82, 2.24) is 4.90 Å². The van der Waals surface area contributed by atoms with Crippen molar-refractivity contribution in [3.8, 4) is 0 Å². The molecule has 1 aliphatic heterocycles. The van der Waals surface area contributed by atoms with Gasteiger partial charge in [0.1, 0.15) is 5.60 Å². The third kappa shape index (κ3) is 4.56. The Kier molecular flexibility index (Phi) is 6.17. The van der Waals surface area contributed by atoms with Gasteiger partial charge < -0.3 is 14.7 Å². The van der Waals surface area contributed by atoms with E-state index in [1.54, 1.807) is 6.92 Å². The monoisotopic (exact) mass is 407 g/mol. The van der Waals surface area contributed by atoms with Gasteiger partial charge in [-0.25, -0.2) is 4.79 Å². The van der Waals surface area contributed by atoms with E-state index in [2.05, 4.69) is 0 Å². The first kappa shape index (κ1) is 21.2. The van der Waals surface area contributed by atoms with E-state index < -0.39 is 29.5 Å². The molecular weight excluding hydrogens is 383 g/mol. The molecule has 1 N–H and O–H groups in total. The summed E-state index contributed by atoms with van der Waals surface area (Å²) in [5.41, 5.74) is -0.0415. The van der Waals surface area contributed by atoms with Crippen molar-refractivity contribution in [3.63, 3.8) is 0 Å². The molecule has 2 atom stereocenters. The number of rotatable bonds is 6. The van der Waals surface area contributed by atoms with Gasteiger partial charge in [0, 0.05) is 19.6 Å². The van der Waals surface area contributed by atoms with Crippen molar-refractivity contribution in [2.45, 2.75) is 44.0 Å². The molecule has 0 bridgehead atoms. The second kappa shape index (κ2) is 8.45. The summed E-state index contributed by atoms with van der Waals surface area (Å²) in [6.07, 6.45) is -3.37. The minimum atomic E-state index is -4.40. The number of carbonyl (C=O) groups is 1. The zero-order valence-electron chi connectivity index (χ0n) is 16.2. The third-order valence-electron chi connectivity index (χ3n) is 5.50. The first-order valence-electron chi connectivity index (χ1n) is 9.60. The summed E-state index contributed by atoms with van der Waals surface area (Å²) in [4.78, 5) is 14.4. The molecule has 1 fully saturated rings. The number of hydrogen-bond acceptors (Lipinski definition) is 3. The molecule has 0 aromatic heterocycles. The molecule has 29 heavy (non-hydrogen) atoms. The third-order valence-corrected chi connectivity index (χ3v) is 5.50. The molecule has 1 saturated heterocycles. The molecule has 2 aromatic rings. The first-order valence-corrected chi connectivity index (χ1v) is 9.60. The van der Waals surface area contributed by atoms with Gasteiger partial charge in [0.2, 0.25) is 0 Å². The Balaban J connectivity index is 1.78. The fraction of sp³-hybridized carbons (Fsp3) is 0.409. The highest BCUT2D eigenvalue weighted by Crippen LogP contribution is 2.40. The predicted molar refractivity (Wildman–Crippen MR) is 102 cm³/mol. The second-order valence-electron chi connectivity index (χ2n) is 7.29. The molecule has 0 radical (unpaired) electrons. The maximum Gasteiger partial charge on any atom is 0.416 e. The highest BCUT2D eigenvalue weighted by molar-refractivity contribution is 5.70. The van der Waals surface area contributed by atoms with Crippen molar-refractivity contribution in [2.24, 2.45) is 0 Å². The Hall–Kier alpha value is -2.54. The molecule has 1 amide bonds. The van der Waals surface area contributed by atoms with Crippen LogP contribution in [0.4, 0.5) is 18.0 Å². The number of hydrogen-bond donors (Lipinski definition) is 1. The van der Waals surface area contributed by atoms with Gasteiger partial charge >= 0.3 is 12.3 Å².